The smallest absolute Gasteiger partial charge is 0.189 e. The topological polar surface area (TPSA) is 53.1 Å². The van der Waals surface area contributed by atoms with E-state index in [0.717, 1.165) is 12.1 Å². The molecule has 0 aliphatic heterocycles. The van der Waals surface area contributed by atoms with Crippen LogP contribution in [0.15, 0.2) is 6.07 Å². The van der Waals surface area contributed by atoms with Gasteiger partial charge in [-0.1, -0.05) is 13.8 Å². The van der Waals surface area contributed by atoms with E-state index in [1.165, 1.54) is 6.07 Å². The standard InChI is InChI=1S/C10H13NO2/c1-10(2)4-7-6(8(12)5-10)3-9(13)11-7/h3,11,13H,4-5H2,1-2H3. The van der Waals surface area contributed by atoms with E-state index in [1.807, 2.05) is 0 Å². The second-order valence-corrected chi connectivity index (χ2v) is 4.49. The predicted octanol–water partition coefficient (Wildman–Crippen LogP) is 1.88. The maximum absolute atomic E-state index is 11.6. The molecule has 0 aromatic carbocycles. The van der Waals surface area contributed by atoms with Gasteiger partial charge in [0.25, 0.3) is 0 Å². The zero-order valence-electron chi connectivity index (χ0n) is 7.85. The van der Waals surface area contributed by atoms with Gasteiger partial charge in [-0.25, -0.2) is 0 Å². The quantitative estimate of drug-likeness (QED) is 0.638. The van der Waals surface area contributed by atoms with Crippen LogP contribution in [-0.4, -0.2) is 15.9 Å². The molecule has 1 aromatic heterocycles. The number of aromatic hydroxyl groups is 1. The third-order valence-corrected chi connectivity index (χ3v) is 2.48. The first kappa shape index (κ1) is 8.35. The lowest BCUT2D eigenvalue weighted by Gasteiger charge is -2.27. The molecule has 1 heterocycles. The summed E-state index contributed by atoms with van der Waals surface area (Å²) < 4.78 is 0. The molecule has 0 atom stereocenters. The number of H-pyrrole nitrogens is 1. The first-order valence-corrected chi connectivity index (χ1v) is 4.42. The molecule has 1 aliphatic rings. The van der Waals surface area contributed by atoms with Crippen LogP contribution in [0.25, 0.3) is 0 Å². The number of Topliss-reactive ketones (excluding diaryl/α,β-unsaturated/α-hetero) is 1. The van der Waals surface area contributed by atoms with Crippen LogP contribution in [0.5, 0.6) is 5.88 Å². The summed E-state index contributed by atoms with van der Waals surface area (Å²) in [5.74, 6) is 0.221. The number of aromatic nitrogens is 1. The van der Waals surface area contributed by atoms with Gasteiger partial charge in [-0.2, -0.15) is 0 Å². The van der Waals surface area contributed by atoms with Crippen molar-refractivity contribution in [1.29, 1.82) is 0 Å². The molecule has 2 rings (SSSR count). The molecule has 13 heavy (non-hydrogen) atoms. The lowest BCUT2D eigenvalue weighted by molar-refractivity contribution is 0.0912. The number of fused-ring (bicyclic) bond motifs is 1. The zero-order valence-corrected chi connectivity index (χ0v) is 7.85. The van der Waals surface area contributed by atoms with Crippen molar-refractivity contribution in [2.75, 3.05) is 0 Å². The Labute approximate surface area is 76.8 Å². The summed E-state index contributed by atoms with van der Waals surface area (Å²) in [6.07, 6.45) is 1.39. The van der Waals surface area contributed by atoms with E-state index in [9.17, 15) is 9.90 Å². The van der Waals surface area contributed by atoms with Crippen LogP contribution in [0, 0.1) is 5.41 Å². The van der Waals surface area contributed by atoms with Gasteiger partial charge in [-0.05, 0) is 11.8 Å². The molecule has 0 unspecified atom stereocenters. The number of hydrogen-bond acceptors (Lipinski definition) is 2. The molecule has 0 spiro atoms. The number of rotatable bonds is 0. The number of hydrogen-bond donors (Lipinski definition) is 2. The highest BCUT2D eigenvalue weighted by Gasteiger charge is 2.32. The summed E-state index contributed by atoms with van der Waals surface area (Å²) in [7, 11) is 0. The van der Waals surface area contributed by atoms with Crippen LogP contribution in [0.2, 0.25) is 0 Å². The molecule has 3 nitrogen and oxygen atoms in total. The SMILES string of the molecule is CC1(C)CC(=O)c2cc(O)[nH]c2C1. The second kappa shape index (κ2) is 2.37. The third-order valence-electron chi connectivity index (χ3n) is 2.48. The molecule has 1 aliphatic carbocycles. The monoisotopic (exact) mass is 179 g/mol. The first-order valence-electron chi connectivity index (χ1n) is 4.42. The summed E-state index contributed by atoms with van der Waals surface area (Å²) >= 11 is 0. The lowest BCUT2D eigenvalue weighted by Crippen LogP contribution is -2.26. The molecule has 3 heteroatoms. The number of carbonyl (C=O) groups excluding carboxylic acids is 1. The maximum Gasteiger partial charge on any atom is 0.189 e. The molecule has 0 saturated carbocycles. The van der Waals surface area contributed by atoms with Crippen molar-refractivity contribution >= 4 is 5.78 Å². The van der Waals surface area contributed by atoms with Gasteiger partial charge >= 0.3 is 0 Å². The molecular formula is C10H13NO2. The second-order valence-electron chi connectivity index (χ2n) is 4.49. The molecule has 0 radical (unpaired) electrons. The molecule has 2 N–H and O–H groups in total. The highest BCUT2D eigenvalue weighted by Crippen LogP contribution is 2.35. The van der Waals surface area contributed by atoms with Crippen LogP contribution in [0.4, 0.5) is 0 Å². The Balaban J connectivity index is 2.48. The molecule has 70 valence electrons. The number of ketones is 1. The van der Waals surface area contributed by atoms with Gasteiger partial charge in [0.05, 0.1) is 0 Å². The van der Waals surface area contributed by atoms with Crippen molar-refractivity contribution in [3.63, 3.8) is 0 Å². The fourth-order valence-corrected chi connectivity index (χ4v) is 1.94. The predicted molar refractivity (Wildman–Crippen MR) is 48.9 cm³/mol. The van der Waals surface area contributed by atoms with Gasteiger partial charge in [-0.15, -0.1) is 0 Å². The van der Waals surface area contributed by atoms with E-state index in [1.54, 1.807) is 0 Å². The van der Waals surface area contributed by atoms with Crippen molar-refractivity contribution in [3.05, 3.63) is 17.3 Å². The zero-order chi connectivity index (χ0) is 9.64. The van der Waals surface area contributed by atoms with Crippen molar-refractivity contribution in [3.8, 4) is 5.88 Å². The van der Waals surface area contributed by atoms with Gasteiger partial charge in [0.2, 0.25) is 0 Å². The fraction of sp³-hybridized carbons (Fsp3) is 0.500. The van der Waals surface area contributed by atoms with Crippen LogP contribution in [-0.2, 0) is 6.42 Å². The Kier molecular flexibility index (Phi) is 1.53. The van der Waals surface area contributed by atoms with Crippen LogP contribution < -0.4 is 0 Å². The molecule has 1 aromatic rings. The van der Waals surface area contributed by atoms with Gasteiger partial charge in [0.15, 0.2) is 11.7 Å². The number of aromatic amines is 1. The highest BCUT2D eigenvalue weighted by atomic mass is 16.3. The summed E-state index contributed by atoms with van der Waals surface area (Å²) in [5.41, 5.74) is 1.55. The lowest BCUT2D eigenvalue weighted by atomic mass is 9.76. The maximum atomic E-state index is 11.6. The summed E-state index contributed by atoms with van der Waals surface area (Å²) in [4.78, 5) is 14.4. The normalized spacial score (nSPS) is 20.0. The molecule has 0 saturated heterocycles. The van der Waals surface area contributed by atoms with Crippen molar-refractivity contribution < 1.29 is 9.90 Å². The Morgan fingerprint density at radius 3 is 2.85 bits per heavy atom. The van der Waals surface area contributed by atoms with E-state index >= 15 is 0 Å². The minimum atomic E-state index is 0.0153. The van der Waals surface area contributed by atoms with Gasteiger partial charge in [-0.3, -0.25) is 4.79 Å². The summed E-state index contributed by atoms with van der Waals surface area (Å²) in [6.45, 7) is 4.12. The van der Waals surface area contributed by atoms with E-state index in [2.05, 4.69) is 18.8 Å². The number of nitrogens with one attached hydrogen (secondary N) is 1. The minimum absolute atomic E-state index is 0.0153. The Morgan fingerprint density at radius 2 is 2.15 bits per heavy atom. The average molecular weight is 179 g/mol. The van der Waals surface area contributed by atoms with Gasteiger partial charge in [0, 0.05) is 23.7 Å². The third kappa shape index (κ3) is 1.34. The summed E-state index contributed by atoms with van der Waals surface area (Å²) in [6, 6.07) is 1.52. The van der Waals surface area contributed by atoms with Crippen LogP contribution in [0.3, 0.4) is 0 Å². The largest absolute Gasteiger partial charge is 0.495 e. The van der Waals surface area contributed by atoms with Crippen LogP contribution in [0.1, 0.15) is 36.3 Å². The Bertz CT molecular complexity index is 363. The average Bonchev–Trinajstić information content (AvgIpc) is 2.27. The van der Waals surface area contributed by atoms with Crippen molar-refractivity contribution in [1.82, 2.24) is 4.98 Å². The highest BCUT2D eigenvalue weighted by molar-refractivity contribution is 5.99. The Hall–Kier alpha value is -1.25. The van der Waals surface area contributed by atoms with Crippen molar-refractivity contribution in [2.45, 2.75) is 26.7 Å². The Morgan fingerprint density at radius 1 is 1.46 bits per heavy atom. The fourth-order valence-electron chi connectivity index (χ4n) is 1.94. The van der Waals surface area contributed by atoms with E-state index in [-0.39, 0.29) is 17.1 Å². The molecule has 0 amide bonds. The number of carbonyl (C=O) groups is 1. The van der Waals surface area contributed by atoms with Crippen LogP contribution >= 0.6 is 0 Å². The first-order chi connectivity index (χ1) is 5.98. The van der Waals surface area contributed by atoms with Gasteiger partial charge in [0.1, 0.15) is 0 Å². The molecule has 0 bridgehead atoms. The minimum Gasteiger partial charge on any atom is -0.495 e. The van der Waals surface area contributed by atoms with Gasteiger partial charge < -0.3 is 10.1 Å². The molecular weight excluding hydrogens is 166 g/mol. The van der Waals surface area contributed by atoms with E-state index in [0.29, 0.717) is 12.0 Å². The van der Waals surface area contributed by atoms with Crippen molar-refractivity contribution in [2.24, 2.45) is 5.41 Å². The van der Waals surface area contributed by atoms with E-state index < -0.39 is 0 Å². The molecule has 0 fully saturated rings. The summed E-state index contributed by atoms with van der Waals surface area (Å²) in [5, 5.41) is 9.20. The van der Waals surface area contributed by atoms with E-state index in [4.69, 9.17) is 0 Å².